The Hall–Kier alpha value is -1.80. The van der Waals surface area contributed by atoms with Crippen LogP contribution >= 0.6 is 0 Å². The molecule has 0 radical (unpaired) electrons. The van der Waals surface area contributed by atoms with Gasteiger partial charge in [-0.05, 0) is 29.7 Å². The third-order valence-corrected chi connectivity index (χ3v) is 3.57. The number of aliphatic hydroxyl groups is 1. The summed E-state index contributed by atoms with van der Waals surface area (Å²) in [5.74, 6) is 0.856. The molecule has 0 aliphatic rings. The molecule has 0 fully saturated rings. The summed E-state index contributed by atoms with van der Waals surface area (Å²) in [6, 6.07) is 18.2. The summed E-state index contributed by atoms with van der Waals surface area (Å²) >= 11 is 0. The maximum Gasteiger partial charge on any atom is 0.118 e. The van der Waals surface area contributed by atoms with Crippen molar-refractivity contribution in [3.63, 3.8) is 0 Å². The van der Waals surface area contributed by atoms with Crippen molar-refractivity contribution >= 4 is 0 Å². The summed E-state index contributed by atoms with van der Waals surface area (Å²) in [5.41, 5.74) is 2.10. The molecule has 2 heteroatoms. The SMILES string of the molecule is COc1ccc(CC(C)(CO)c2ccccc2)cc1. The van der Waals surface area contributed by atoms with Gasteiger partial charge in [0, 0.05) is 5.41 Å². The first-order chi connectivity index (χ1) is 9.18. The Kier molecular flexibility index (Phi) is 4.23. The van der Waals surface area contributed by atoms with E-state index in [-0.39, 0.29) is 12.0 Å². The minimum atomic E-state index is -0.254. The van der Waals surface area contributed by atoms with Gasteiger partial charge in [0.15, 0.2) is 0 Å². The van der Waals surface area contributed by atoms with E-state index in [0.717, 1.165) is 17.7 Å². The molecule has 1 atom stereocenters. The molecular weight excluding hydrogens is 236 g/mol. The van der Waals surface area contributed by atoms with Crippen molar-refractivity contribution in [2.45, 2.75) is 18.8 Å². The Balaban J connectivity index is 2.22. The highest BCUT2D eigenvalue weighted by Gasteiger charge is 2.25. The second-order valence-electron chi connectivity index (χ2n) is 5.11. The van der Waals surface area contributed by atoms with Crippen LogP contribution in [0.25, 0.3) is 0 Å². The minimum Gasteiger partial charge on any atom is -0.497 e. The van der Waals surface area contributed by atoms with Gasteiger partial charge in [-0.2, -0.15) is 0 Å². The Labute approximate surface area is 114 Å². The fraction of sp³-hybridized carbons (Fsp3) is 0.294. The zero-order valence-corrected chi connectivity index (χ0v) is 11.5. The molecule has 100 valence electrons. The van der Waals surface area contributed by atoms with Crippen molar-refractivity contribution in [1.82, 2.24) is 0 Å². The van der Waals surface area contributed by atoms with Crippen LogP contribution in [-0.2, 0) is 11.8 Å². The molecule has 0 spiro atoms. The summed E-state index contributed by atoms with van der Waals surface area (Å²) in [5, 5.41) is 9.78. The molecule has 0 aliphatic carbocycles. The third-order valence-electron chi connectivity index (χ3n) is 3.57. The van der Waals surface area contributed by atoms with Crippen LogP contribution in [0, 0.1) is 0 Å². The minimum absolute atomic E-state index is 0.128. The molecule has 1 unspecified atom stereocenters. The van der Waals surface area contributed by atoms with Gasteiger partial charge in [0.05, 0.1) is 13.7 Å². The third kappa shape index (κ3) is 3.15. The van der Waals surface area contributed by atoms with Crippen molar-refractivity contribution in [2.24, 2.45) is 0 Å². The average molecular weight is 256 g/mol. The first-order valence-electron chi connectivity index (χ1n) is 6.47. The average Bonchev–Trinajstić information content (AvgIpc) is 2.49. The lowest BCUT2D eigenvalue weighted by atomic mass is 9.78. The molecule has 0 heterocycles. The van der Waals surface area contributed by atoms with Crippen LogP contribution in [-0.4, -0.2) is 18.8 Å². The van der Waals surface area contributed by atoms with E-state index in [9.17, 15) is 5.11 Å². The van der Waals surface area contributed by atoms with E-state index in [1.54, 1.807) is 7.11 Å². The lowest BCUT2D eigenvalue weighted by Crippen LogP contribution is -2.29. The normalized spacial score (nSPS) is 13.8. The fourth-order valence-electron chi connectivity index (χ4n) is 2.28. The monoisotopic (exact) mass is 256 g/mol. The number of hydrogen-bond donors (Lipinski definition) is 1. The second-order valence-corrected chi connectivity index (χ2v) is 5.11. The van der Waals surface area contributed by atoms with Gasteiger partial charge in [-0.3, -0.25) is 0 Å². The quantitative estimate of drug-likeness (QED) is 0.890. The molecule has 0 saturated heterocycles. The van der Waals surface area contributed by atoms with Crippen LogP contribution in [0.4, 0.5) is 0 Å². The van der Waals surface area contributed by atoms with Crippen molar-refractivity contribution in [2.75, 3.05) is 13.7 Å². The van der Waals surface area contributed by atoms with Crippen molar-refractivity contribution < 1.29 is 9.84 Å². The van der Waals surface area contributed by atoms with Crippen LogP contribution < -0.4 is 4.74 Å². The van der Waals surface area contributed by atoms with E-state index in [4.69, 9.17) is 4.74 Å². The summed E-state index contributed by atoms with van der Waals surface area (Å²) in [6.07, 6.45) is 0.803. The van der Waals surface area contributed by atoms with Gasteiger partial charge in [-0.15, -0.1) is 0 Å². The van der Waals surface area contributed by atoms with Gasteiger partial charge in [0.2, 0.25) is 0 Å². The summed E-state index contributed by atoms with van der Waals surface area (Å²) < 4.78 is 5.16. The van der Waals surface area contributed by atoms with E-state index < -0.39 is 0 Å². The highest BCUT2D eigenvalue weighted by molar-refractivity contribution is 5.32. The Morgan fingerprint density at radius 1 is 1.00 bits per heavy atom. The van der Waals surface area contributed by atoms with Crippen molar-refractivity contribution in [1.29, 1.82) is 0 Å². The zero-order chi connectivity index (χ0) is 13.7. The molecular formula is C17H20O2. The Morgan fingerprint density at radius 2 is 1.63 bits per heavy atom. The molecule has 2 aromatic carbocycles. The molecule has 0 aliphatic heterocycles. The van der Waals surface area contributed by atoms with E-state index >= 15 is 0 Å². The molecule has 2 nitrogen and oxygen atoms in total. The predicted octanol–water partition coefficient (Wildman–Crippen LogP) is 3.19. The van der Waals surface area contributed by atoms with Gasteiger partial charge >= 0.3 is 0 Å². The number of ether oxygens (including phenoxy) is 1. The van der Waals surface area contributed by atoms with Crippen LogP contribution in [0.15, 0.2) is 54.6 Å². The molecule has 0 amide bonds. The molecule has 2 rings (SSSR count). The molecule has 19 heavy (non-hydrogen) atoms. The van der Waals surface area contributed by atoms with Crippen LogP contribution in [0.3, 0.4) is 0 Å². The second kappa shape index (κ2) is 5.89. The number of hydrogen-bond acceptors (Lipinski definition) is 2. The maximum absolute atomic E-state index is 9.78. The highest BCUT2D eigenvalue weighted by atomic mass is 16.5. The molecule has 0 aromatic heterocycles. The highest BCUT2D eigenvalue weighted by Crippen LogP contribution is 2.28. The van der Waals surface area contributed by atoms with Gasteiger partial charge in [-0.1, -0.05) is 49.4 Å². The van der Waals surface area contributed by atoms with E-state index in [2.05, 4.69) is 31.2 Å². The predicted molar refractivity (Wildman–Crippen MR) is 77.6 cm³/mol. The van der Waals surface area contributed by atoms with Crippen LogP contribution in [0.2, 0.25) is 0 Å². The van der Waals surface area contributed by atoms with Gasteiger partial charge < -0.3 is 9.84 Å². The van der Waals surface area contributed by atoms with E-state index in [0.29, 0.717) is 0 Å². The summed E-state index contributed by atoms with van der Waals surface area (Å²) in [6.45, 7) is 2.22. The number of aliphatic hydroxyl groups excluding tert-OH is 1. The Bertz CT molecular complexity index is 505. The molecule has 2 aromatic rings. The largest absolute Gasteiger partial charge is 0.497 e. The fourth-order valence-corrected chi connectivity index (χ4v) is 2.28. The van der Waals surface area contributed by atoms with Crippen molar-refractivity contribution in [3.05, 3.63) is 65.7 Å². The lowest BCUT2D eigenvalue weighted by molar-refractivity contribution is 0.204. The number of rotatable bonds is 5. The smallest absolute Gasteiger partial charge is 0.118 e. The Morgan fingerprint density at radius 3 is 2.16 bits per heavy atom. The molecule has 1 N–H and O–H groups in total. The van der Waals surface area contributed by atoms with E-state index in [1.165, 1.54) is 5.56 Å². The van der Waals surface area contributed by atoms with Crippen LogP contribution in [0.1, 0.15) is 18.1 Å². The van der Waals surface area contributed by atoms with E-state index in [1.807, 2.05) is 30.3 Å². The lowest BCUT2D eigenvalue weighted by Gasteiger charge is -2.28. The van der Waals surface area contributed by atoms with Gasteiger partial charge in [0.1, 0.15) is 5.75 Å². The maximum atomic E-state index is 9.78. The number of benzene rings is 2. The first-order valence-corrected chi connectivity index (χ1v) is 6.47. The first kappa shape index (κ1) is 13.6. The summed E-state index contributed by atoms with van der Waals surface area (Å²) in [4.78, 5) is 0. The van der Waals surface area contributed by atoms with Crippen LogP contribution in [0.5, 0.6) is 5.75 Å². The van der Waals surface area contributed by atoms with Gasteiger partial charge in [-0.25, -0.2) is 0 Å². The summed E-state index contributed by atoms with van der Waals surface area (Å²) in [7, 11) is 1.66. The van der Waals surface area contributed by atoms with Crippen molar-refractivity contribution in [3.8, 4) is 5.75 Å². The molecule has 0 bridgehead atoms. The standard InChI is InChI=1S/C17H20O2/c1-17(13-18,15-6-4-3-5-7-15)12-14-8-10-16(19-2)11-9-14/h3-11,18H,12-13H2,1-2H3. The topological polar surface area (TPSA) is 29.5 Å². The number of methoxy groups -OCH3 is 1. The zero-order valence-electron chi connectivity index (χ0n) is 11.5. The van der Waals surface area contributed by atoms with Gasteiger partial charge in [0.25, 0.3) is 0 Å². The molecule has 0 saturated carbocycles.